The lowest BCUT2D eigenvalue weighted by atomic mass is 9.88. The number of fused-ring (bicyclic) bond motifs is 1. The monoisotopic (exact) mass is 578 g/mol. The van der Waals surface area contributed by atoms with Crippen molar-refractivity contribution in [2.45, 2.75) is 77.6 Å². The fraction of sp³-hybridized carbons (Fsp3) is 0.500. The van der Waals surface area contributed by atoms with Crippen LogP contribution in [0.5, 0.6) is 11.6 Å². The molecule has 2 aromatic carbocycles. The summed E-state index contributed by atoms with van der Waals surface area (Å²) in [5.41, 5.74) is 4.18. The van der Waals surface area contributed by atoms with Crippen molar-refractivity contribution < 1.29 is 18.7 Å². The third-order valence-electron chi connectivity index (χ3n) is 8.18. The van der Waals surface area contributed by atoms with E-state index in [1.165, 1.54) is 11.1 Å². The van der Waals surface area contributed by atoms with Crippen LogP contribution in [-0.2, 0) is 18.3 Å². The quantitative estimate of drug-likeness (QED) is 0.184. The fourth-order valence-corrected chi connectivity index (χ4v) is 5.71. The summed E-state index contributed by atoms with van der Waals surface area (Å²) in [6, 6.07) is 16.4. The summed E-state index contributed by atoms with van der Waals surface area (Å²) in [7, 11) is -0.0199. The molecule has 0 aliphatic carbocycles. The zero-order valence-corrected chi connectivity index (χ0v) is 26.7. The van der Waals surface area contributed by atoms with Crippen molar-refractivity contribution in [2.24, 2.45) is 7.05 Å². The molecule has 0 spiro atoms. The minimum atomic E-state index is -1.90. The van der Waals surface area contributed by atoms with E-state index >= 15 is 0 Å². The molecule has 3 aromatic rings. The van der Waals surface area contributed by atoms with Crippen LogP contribution >= 0.6 is 0 Å². The first kappa shape index (κ1) is 30.5. The van der Waals surface area contributed by atoms with Gasteiger partial charge in [0, 0.05) is 31.7 Å². The standard InChI is InChI=1S/C32H46N4O4Si/c1-8-9-19-39-31(37)36-22-24-12-10-11-13-28(24)25(23-36)18-20-38-30-29(21-33-35(30)5)34-26-14-16-27(17-15-26)40-41(6,7)32(2,3)4/h10-17,21,25,34H,8-9,18-20,22-23H2,1-7H3. The second-order valence-electron chi connectivity index (χ2n) is 12.4. The van der Waals surface area contributed by atoms with E-state index in [0.717, 1.165) is 36.4 Å². The molecular formula is C32H46N4O4Si. The number of hydrogen-bond acceptors (Lipinski definition) is 6. The third kappa shape index (κ3) is 7.64. The summed E-state index contributed by atoms with van der Waals surface area (Å²) in [6.07, 6.45) is 4.18. The highest BCUT2D eigenvalue weighted by Gasteiger charge is 2.39. The minimum absolute atomic E-state index is 0.141. The molecule has 222 valence electrons. The van der Waals surface area contributed by atoms with Gasteiger partial charge in [-0.3, -0.25) is 0 Å². The maximum atomic E-state index is 12.7. The molecule has 9 heteroatoms. The van der Waals surface area contributed by atoms with Gasteiger partial charge in [0.1, 0.15) is 11.4 Å². The van der Waals surface area contributed by atoms with E-state index in [1.54, 1.807) is 10.9 Å². The van der Waals surface area contributed by atoms with Crippen molar-refractivity contribution in [3.05, 3.63) is 65.9 Å². The van der Waals surface area contributed by atoms with Crippen LogP contribution in [0, 0.1) is 0 Å². The Bertz CT molecular complexity index is 1300. The lowest BCUT2D eigenvalue weighted by Crippen LogP contribution is -2.43. The molecule has 1 unspecified atom stereocenters. The summed E-state index contributed by atoms with van der Waals surface area (Å²) in [5, 5.41) is 8.00. The van der Waals surface area contributed by atoms with Crippen molar-refractivity contribution in [1.82, 2.24) is 14.7 Å². The second-order valence-corrected chi connectivity index (χ2v) is 17.1. The average molecular weight is 579 g/mol. The number of anilines is 2. The molecule has 8 nitrogen and oxygen atoms in total. The normalized spacial score (nSPS) is 15.3. The zero-order chi connectivity index (χ0) is 29.6. The predicted octanol–water partition coefficient (Wildman–Crippen LogP) is 7.85. The lowest BCUT2D eigenvalue weighted by molar-refractivity contribution is 0.0912. The van der Waals surface area contributed by atoms with E-state index in [-0.39, 0.29) is 17.0 Å². The highest BCUT2D eigenvalue weighted by atomic mass is 28.4. The van der Waals surface area contributed by atoms with Gasteiger partial charge in [0.15, 0.2) is 0 Å². The molecule has 0 bridgehead atoms. The molecule has 1 N–H and O–H groups in total. The summed E-state index contributed by atoms with van der Waals surface area (Å²) in [6.45, 7) is 15.5. The highest BCUT2D eigenvalue weighted by Crippen LogP contribution is 2.38. The van der Waals surface area contributed by atoms with E-state index in [0.29, 0.717) is 32.2 Å². The van der Waals surface area contributed by atoms with Gasteiger partial charge in [0.2, 0.25) is 14.2 Å². The fourth-order valence-electron chi connectivity index (χ4n) is 4.68. The molecule has 0 saturated carbocycles. The van der Waals surface area contributed by atoms with Crippen LogP contribution in [-0.4, -0.2) is 48.8 Å². The van der Waals surface area contributed by atoms with E-state index in [2.05, 4.69) is 69.4 Å². The lowest BCUT2D eigenvalue weighted by Gasteiger charge is -2.36. The highest BCUT2D eigenvalue weighted by molar-refractivity contribution is 6.74. The number of amides is 1. The number of benzene rings is 2. The zero-order valence-electron chi connectivity index (χ0n) is 25.7. The molecule has 41 heavy (non-hydrogen) atoms. The summed E-state index contributed by atoms with van der Waals surface area (Å²) < 4.78 is 20.0. The van der Waals surface area contributed by atoms with Gasteiger partial charge in [-0.15, -0.1) is 0 Å². The van der Waals surface area contributed by atoms with Gasteiger partial charge in [-0.2, -0.15) is 5.10 Å². The van der Waals surface area contributed by atoms with Crippen LogP contribution in [0.2, 0.25) is 18.1 Å². The second kappa shape index (κ2) is 13.0. The van der Waals surface area contributed by atoms with Gasteiger partial charge in [0.05, 0.1) is 19.4 Å². The predicted molar refractivity (Wildman–Crippen MR) is 167 cm³/mol. The van der Waals surface area contributed by atoms with Crippen molar-refractivity contribution in [3.8, 4) is 11.6 Å². The molecular weight excluding hydrogens is 532 g/mol. The van der Waals surface area contributed by atoms with Crippen LogP contribution in [0.25, 0.3) is 0 Å². The van der Waals surface area contributed by atoms with Crippen molar-refractivity contribution in [1.29, 1.82) is 0 Å². The number of nitrogens with one attached hydrogen (secondary N) is 1. The first-order valence-electron chi connectivity index (χ1n) is 14.7. The molecule has 0 fully saturated rings. The van der Waals surface area contributed by atoms with Crippen molar-refractivity contribution in [2.75, 3.05) is 25.1 Å². The van der Waals surface area contributed by atoms with Crippen molar-refractivity contribution >= 4 is 25.8 Å². The van der Waals surface area contributed by atoms with Crippen LogP contribution in [0.4, 0.5) is 16.2 Å². The van der Waals surface area contributed by atoms with Crippen LogP contribution in [0.15, 0.2) is 54.7 Å². The van der Waals surface area contributed by atoms with Gasteiger partial charge < -0.3 is 24.1 Å². The van der Waals surface area contributed by atoms with E-state index in [1.807, 2.05) is 42.3 Å². The molecule has 1 aromatic heterocycles. The first-order valence-corrected chi connectivity index (χ1v) is 17.6. The third-order valence-corrected chi connectivity index (χ3v) is 12.5. The van der Waals surface area contributed by atoms with Crippen LogP contribution in [0.3, 0.4) is 0 Å². The number of rotatable bonds is 11. The number of aromatic nitrogens is 2. The molecule has 0 saturated heterocycles. The Hall–Kier alpha value is -3.46. The summed E-state index contributed by atoms with van der Waals surface area (Å²) >= 11 is 0. The number of nitrogens with zero attached hydrogens (tertiary/aromatic N) is 3. The number of aryl methyl sites for hydroxylation is 1. The Kier molecular flexibility index (Phi) is 9.68. The number of unbranched alkanes of at least 4 members (excludes halogenated alkanes) is 1. The Balaban J connectivity index is 1.38. The summed E-state index contributed by atoms with van der Waals surface area (Å²) in [5.74, 6) is 1.73. The molecule has 1 aliphatic heterocycles. The number of ether oxygens (including phenoxy) is 2. The first-order chi connectivity index (χ1) is 19.5. The molecule has 0 radical (unpaired) electrons. The Morgan fingerprint density at radius 1 is 1.10 bits per heavy atom. The molecule has 1 aliphatic rings. The minimum Gasteiger partial charge on any atom is -0.544 e. The van der Waals surface area contributed by atoms with Gasteiger partial charge >= 0.3 is 6.09 Å². The van der Waals surface area contributed by atoms with Gasteiger partial charge in [-0.25, -0.2) is 9.48 Å². The number of carbonyl (C=O) groups excluding carboxylic acids is 1. The SMILES string of the molecule is CCCCOC(=O)N1Cc2ccccc2C(CCOc2c(Nc3ccc(O[Si](C)(C)C(C)(C)C)cc3)cnn2C)C1. The van der Waals surface area contributed by atoms with Gasteiger partial charge in [-0.1, -0.05) is 58.4 Å². The average Bonchev–Trinajstić information content (AvgIpc) is 3.27. The van der Waals surface area contributed by atoms with E-state index in [4.69, 9.17) is 13.9 Å². The largest absolute Gasteiger partial charge is 0.544 e. The van der Waals surface area contributed by atoms with E-state index < -0.39 is 8.32 Å². The maximum Gasteiger partial charge on any atom is 0.410 e. The maximum absolute atomic E-state index is 12.7. The molecule has 4 rings (SSSR count). The number of hydrogen-bond donors (Lipinski definition) is 1. The topological polar surface area (TPSA) is 77.8 Å². The Morgan fingerprint density at radius 3 is 2.54 bits per heavy atom. The van der Waals surface area contributed by atoms with Crippen molar-refractivity contribution in [3.63, 3.8) is 0 Å². The molecule has 1 amide bonds. The van der Waals surface area contributed by atoms with Crippen LogP contribution in [0.1, 0.15) is 64.0 Å². The number of carbonyl (C=O) groups is 1. The smallest absolute Gasteiger partial charge is 0.410 e. The van der Waals surface area contributed by atoms with E-state index in [9.17, 15) is 4.79 Å². The van der Waals surface area contributed by atoms with Gasteiger partial charge in [0.25, 0.3) is 0 Å². The molecule has 1 atom stereocenters. The van der Waals surface area contributed by atoms with Gasteiger partial charge in [-0.05, 0) is 66.4 Å². The summed E-state index contributed by atoms with van der Waals surface area (Å²) in [4.78, 5) is 14.5. The Labute approximate surface area is 246 Å². The molecule has 2 heterocycles. The Morgan fingerprint density at radius 2 is 1.83 bits per heavy atom. The van der Waals surface area contributed by atoms with Crippen LogP contribution < -0.4 is 14.5 Å².